The predicted octanol–water partition coefficient (Wildman–Crippen LogP) is 4.25. The van der Waals surface area contributed by atoms with Gasteiger partial charge >= 0.3 is 5.97 Å². The van der Waals surface area contributed by atoms with Gasteiger partial charge in [0.05, 0.1) is 17.5 Å². The zero-order chi connectivity index (χ0) is 20.1. The second kappa shape index (κ2) is 9.60. The third-order valence-electron chi connectivity index (χ3n) is 4.05. The van der Waals surface area contributed by atoms with E-state index in [1.807, 2.05) is 0 Å². The summed E-state index contributed by atoms with van der Waals surface area (Å²) in [4.78, 5) is 11.1. The largest absolute Gasteiger partial charge is 0.493 e. The van der Waals surface area contributed by atoms with Gasteiger partial charge in [-0.05, 0) is 42.0 Å². The van der Waals surface area contributed by atoms with Gasteiger partial charge < -0.3 is 19.3 Å². The lowest BCUT2D eigenvalue weighted by molar-refractivity contribution is -0.138. The van der Waals surface area contributed by atoms with Gasteiger partial charge in [-0.2, -0.15) is 0 Å². The first-order valence-corrected chi connectivity index (χ1v) is 10.3. The number of benzene rings is 2. The van der Waals surface area contributed by atoms with Crippen molar-refractivity contribution < 1.29 is 24.1 Å². The van der Waals surface area contributed by atoms with Crippen LogP contribution in [0.1, 0.15) is 10.9 Å². The molecule has 0 radical (unpaired) electrons. The number of hydrogen-bond acceptors (Lipinski definition) is 6. The summed E-state index contributed by atoms with van der Waals surface area (Å²) in [7, 11) is 1.53. The number of aliphatic carboxylic acids is 1. The van der Waals surface area contributed by atoms with Gasteiger partial charge in [0.2, 0.25) is 0 Å². The molecule has 1 aliphatic rings. The van der Waals surface area contributed by atoms with Gasteiger partial charge in [0.1, 0.15) is 25.0 Å². The van der Waals surface area contributed by atoms with E-state index in [2.05, 4.69) is 5.32 Å². The van der Waals surface area contributed by atoms with Gasteiger partial charge in [0.15, 0.2) is 11.5 Å². The lowest BCUT2D eigenvalue weighted by atomic mass is 10.2. The van der Waals surface area contributed by atoms with Crippen molar-refractivity contribution in [3.05, 3.63) is 52.0 Å². The Bertz CT molecular complexity index is 834. The number of rotatable bonds is 8. The molecule has 28 heavy (non-hydrogen) atoms. The Morgan fingerprint density at radius 3 is 2.57 bits per heavy atom. The third-order valence-corrected chi connectivity index (χ3v) is 5.85. The van der Waals surface area contributed by atoms with E-state index in [0.29, 0.717) is 39.7 Å². The van der Waals surface area contributed by atoms with E-state index in [0.717, 1.165) is 5.56 Å². The maximum absolute atomic E-state index is 11.1. The second-order valence-corrected chi connectivity index (χ2v) is 7.94. The summed E-state index contributed by atoms with van der Waals surface area (Å²) in [6.45, 7) is 0.596. The van der Waals surface area contributed by atoms with Crippen molar-refractivity contribution in [1.82, 2.24) is 5.32 Å². The van der Waals surface area contributed by atoms with Crippen LogP contribution in [0.15, 0.2) is 36.4 Å². The second-order valence-electron chi connectivity index (χ2n) is 5.96. The molecule has 0 bridgehead atoms. The van der Waals surface area contributed by atoms with Crippen LogP contribution in [0.25, 0.3) is 0 Å². The van der Waals surface area contributed by atoms with Gasteiger partial charge in [-0.1, -0.05) is 23.2 Å². The Kier molecular flexibility index (Phi) is 7.18. The molecule has 2 N–H and O–H groups in total. The van der Waals surface area contributed by atoms with Crippen LogP contribution in [0.5, 0.6) is 17.2 Å². The molecule has 2 aromatic carbocycles. The Hall–Kier alpha value is -1.80. The quantitative estimate of drug-likeness (QED) is 0.590. The molecule has 0 spiro atoms. The Morgan fingerprint density at radius 2 is 1.93 bits per heavy atom. The highest BCUT2D eigenvalue weighted by Gasteiger charge is 2.31. The Morgan fingerprint density at radius 1 is 1.21 bits per heavy atom. The molecule has 1 saturated heterocycles. The van der Waals surface area contributed by atoms with E-state index in [-0.39, 0.29) is 12.0 Å². The molecule has 0 aromatic heterocycles. The summed E-state index contributed by atoms with van der Waals surface area (Å²) < 4.78 is 16.8. The first-order valence-electron chi connectivity index (χ1n) is 8.47. The number of nitrogens with one attached hydrogen (secondary N) is 1. The van der Waals surface area contributed by atoms with E-state index < -0.39 is 12.0 Å². The van der Waals surface area contributed by atoms with E-state index in [4.69, 9.17) is 42.5 Å². The molecule has 9 heteroatoms. The van der Waals surface area contributed by atoms with Crippen LogP contribution in [0.4, 0.5) is 0 Å². The van der Waals surface area contributed by atoms with Crippen LogP contribution in [0.3, 0.4) is 0 Å². The fourth-order valence-corrected chi connectivity index (χ4v) is 4.28. The summed E-state index contributed by atoms with van der Waals surface area (Å²) in [5.74, 6) is 1.22. The normalized spacial score (nSPS) is 18.7. The number of ether oxygens (including phenoxy) is 3. The summed E-state index contributed by atoms with van der Waals surface area (Å²) in [5, 5.41) is 13.0. The van der Waals surface area contributed by atoms with Crippen molar-refractivity contribution in [2.24, 2.45) is 0 Å². The van der Waals surface area contributed by atoms with Crippen LogP contribution in [0.2, 0.25) is 10.0 Å². The number of halogens is 2. The zero-order valence-electron chi connectivity index (χ0n) is 15.0. The summed E-state index contributed by atoms with van der Waals surface area (Å²) in [6, 6.07) is 10.0. The van der Waals surface area contributed by atoms with E-state index >= 15 is 0 Å². The van der Waals surface area contributed by atoms with Crippen molar-refractivity contribution >= 4 is 40.9 Å². The standard InChI is InChI=1S/C19H19Cl2NO5S/c1-25-16-9-11(18-22-15(10-28-18)19(23)24)8-14(21)17(16)27-7-6-26-13-4-2-12(20)3-5-13/h2-5,8-9,15,18,22H,6-7,10H2,1H3,(H,23,24). The highest BCUT2D eigenvalue weighted by Crippen LogP contribution is 2.41. The van der Waals surface area contributed by atoms with Gasteiger partial charge in [0.25, 0.3) is 0 Å². The minimum absolute atomic E-state index is 0.171. The van der Waals surface area contributed by atoms with Crippen LogP contribution >= 0.6 is 35.0 Å². The first-order chi connectivity index (χ1) is 13.5. The number of methoxy groups -OCH3 is 1. The highest BCUT2D eigenvalue weighted by atomic mass is 35.5. The summed E-state index contributed by atoms with van der Waals surface area (Å²) >= 11 is 13.7. The molecule has 1 heterocycles. The van der Waals surface area contributed by atoms with E-state index in [1.54, 1.807) is 36.4 Å². The smallest absolute Gasteiger partial charge is 0.321 e. The molecule has 0 saturated carbocycles. The van der Waals surface area contributed by atoms with Crippen molar-refractivity contribution in [3.8, 4) is 17.2 Å². The summed E-state index contributed by atoms with van der Waals surface area (Å²) in [5.41, 5.74) is 0.834. The molecule has 2 atom stereocenters. The minimum atomic E-state index is -0.867. The van der Waals surface area contributed by atoms with Crippen molar-refractivity contribution in [2.75, 3.05) is 26.1 Å². The van der Waals surface area contributed by atoms with Crippen molar-refractivity contribution in [3.63, 3.8) is 0 Å². The van der Waals surface area contributed by atoms with Crippen LogP contribution < -0.4 is 19.5 Å². The lowest BCUT2D eigenvalue weighted by Gasteiger charge is -2.17. The zero-order valence-corrected chi connectivity index (χ0v) is 17.3. The molecule has 1 fully saturated rings. The molecular weight excluding hydrogens is 425 g/mol. The van der Waals surface area contributed by atoms with Crippen molar-refractivity contribution in [1.29, 1.82) is 0 Å². The van der Waals surface area contributed by atoms with Gasteiger partial charge in [-0.15, -0.1) is 11.8 Å². The minimum Gasteiger partial charge on any atom is -0.493 e. The fourth-order valence-electron chi connectivity index (χ4n) is 2.67. The average molecular weight is 444 g/mol. The number of thioether (sulfide) groups is 1. The molecule has 2 unspecified atom stereocenters. The molecule has 0 amide bonds. The highest BCUT2D eigenvalue weighted by molar-refractivity contribution is 7.99. The third kappa shape index (κ3) is 5.17. The van der Waals surface area contributed by atoms with E-state index in [9.17, 15) is 4.79 Å². The molecule has 2 aromatic rings. The van der Waals surface area contributed by atoms with Crippen LogP contribution in [-0.4, -0.2) is 43.2 Å². The SMILES string of the molecule is COc1cc(C2NC(C(=O)O)CS2)cc(Cl)c1OCCOc1ccc(Cl)cc1. The van der Waals surface area contributed by atoms with Gasteiger partial charge in [0, 0.05) is 10.8 Å². The van der Waals surface area contributed by atoms with Crippen molar-refractivity contribution in [2.45, 2.75) is 11.4 Å². The Labute approximate surface area is 177 Å². The maximum atomic E-state index is 11.1. The number of hydrogen-bond donors (Lipinski definition) is 2. The number of carbonyl (C=O) groups is 1. The number of carboxylic acid groups (broad SMARTS) is 1. The van der Waals surface area contributed by atoms with Gasteiger partial charge in [-0.3, -0.25) is 10.1 Å². The number of carboxylic acids is 1. The summed E-state index contributed by atoms with van der Waals surface area (Å²) in [6.07, 6.45) is 0. The van der Waals surface area contributed by atoms with Crippen LogP contribution in [0, 0.1) is 0 Å². The molecule has 3 rings (SSSR count). The topological polar surface area (TPSA) is 77.0 Å². The lowest BCUT2D eigenvalue weighted by Crippen LogP contribution is -2.33. The predicted molar refractivity (Wildman–Crippen MR) is 110 cm³/mol. The monoisotopic (exact) mass is 443 g/mol. The Balaban J connectivity index is 1.61. The average Bonchev–Trinajstić information content (AvgIpc) is 3.18. The molecular formula is C19H19Cl2NO5S. The molecule has 150 valence electrons. The fraction of sp³-hybridized carbons (Fsp3) is 0.316. The maximum Gasteiger partial charge on any atom is 0.321 e. The van der Waals surface area contributed by atoms with Crippen LogP contribution in [-0.2, 0) is 4.79 Å². The molecule has 0 aliphatic carbocycles. The van der Waals surface area contributed by atoms with E-state index in [1.165, 1.54) is 18.9 Å². The molecule has 6 nitrogen and oxygen atoms in total. The van der Waals surface area contributed by atoms with Gasteiger partial charge in [-0.25, -0.2) is 0 Å². The first kappa shape index (κ1) is 20.9. The molecule has 1 aliphatic heterocycles.